The van der Waals surface area contributed by atoms with Gasteiger partial charge in [0.1, 0.15) is 10.7 Å². The largest absolute Gasteiger partial charge is 0.264 e. The fraction of sp³-hybridized carbons (Fsp3) is 0.143. The SMILES string of the molecule is Cc1cccc(F)c1S(=O)(=O)Cl. The summed E-state index contributed by atoms with van der Waals surface area (Å²) in [6.45, 7) is 1.48. The van der Waals surface area contributed by atoms with Crippen molar-refractivity contribution in [2.24, 2.45) is 0 Å². The molecular weight excluding hydrogens is 203 g/mol. The molecule has 66 valence electrons. The van der Waals surface area contributed by atoms with Gasteiger partial charge in [0, 0.05) is 10.7 Å². The maximum absolute atomic E-state index is 12.9. The number of hydrogen-bond acceptors (Lipinski definition) is 2. The molecular formula is C7H6ClFO2S. The van der Waals surface area contributed by atoms with Crippen molar-refractivity contribution >= 4 is 19.7 Å². The van der Waals surface area contributed by atoms with Crippen molar-refractivity contribution in [2.75, 3.05) is 0 Å². The number of benzene rings is 1. The van der Waals surface area contributed by atoms with E-state index in [1.807, 2.05) is 0 Å². The van der Waals surface area contributed by atoms with Gasteiger partial charge in [-0.05, 0) is 18.6 Å². The molecule has 0 saturated carbocycles. The van der Waals surface area contributed by atoms with Crippen LogP contribution >= 0.6 is 10.7 Å². The topological polar surface area (TPSA) is 34.1 Å². The van der Waals surface area contributed by atoms with Crippen LogP contribution in [0.5, 0.6) is 0 Å². The zero-order chi connectivity index (χ0) is 9.35. The highest BCUT2D eigenvalue weighted by molar-refractivity contribution is 8.13. The van der Waals surface area contributed by atoms with Crippen molar-refractivity contribution in [1.29, 1.82) is 0 Å². The lowest BCUT2D eigenvalue weighted by Crippen LogP contribution is -1.98. The average Bonchev–Trinajstić information content (AvgIpc) is 1.82. The molecule has 0 saturated heterocycles. The van der Waals surface area contributed by atoms with Crippen molar-refractivity contribution in [3.05, 3.63) is 29.6 Å². The molecule has 0 N–H and O–H groups in total. The fourth-order valence-corrected chi connectivity index (χ4v) is 2.27. The quantitative estimate of drug-likeness (QED) is 0.662. The van der Waals surface area contributed by atoms with Crippen LogP contribution < -0.4 is 0 Å². The lowest BCUT2D eigenvalue weighted by molar-refractivity contribution is 0.573. The van der Waals surface area contributed by atoms with Gasteiger partial charge in [-0.2, -0.15) is 0 Å². The van der Waals surface area contributed by atoms with E-state index in [0.29, 0.717) is 5.56 Å². The highest BCUT2D eigenvalue weighted by atomic mass is 35.7. The van der Waals surface area contributed by atoms with E-state index < -0.39 is 19.8 Å². The molecule has 0 aliphatic heterocycles. The summed E-state index contributed by atoms with van der Waals surface area (Å²) in [5.74, 6) is -0.815. The molecule has 1 rings (SSSR count). The molecule has 0 radical (unpaired) electrons. The third kappa shape index (κ3) is 1.76. The van der Waals surface area contributed by atoms with Gasteiger partial charge in [0.15, 0.2) is 0 Å². The second-order valence-corrected chi connectivity index (χ2v) is 4.83. The zero-order valence-electron chi connectivity index (χ0n) is 6.21. The van der Waals surface area contributed by atoms with E-state index in [1.165, 1.54) is 19.1 Å². The Morgan fingerprint density at radius 2 is 2.00 bits per heavy atom. The van der Waals surface area contributed by atoms with Crippen molar-refractivity contribution in [3.8, 4) is 0 Å². The molecule has 0 spiro atoms. The number of aryl methyl sites for hydroxylation is 1. The normalized spacial score (nSPS) is 11.6. The van der Waals surface area contributed by atoms with Crippen LogP contribution in [0.4, 0.5) is 4.39 Å². The molecule has 0 aromatic heterocycles. The van der Waals surface area contributed by atoms with Gasteiger partial charge in [-0.15, -0.1) is 0 Å². The Morgan fingerprint density at radius 3 is 2.33 bits per heavy atom. The molecule has 1 aromatic rings. The highest BCUT2D eigenvalue weighted by Crippen LogP contribution is 2.22. The molecule has 0 heterocycles. The second-order valence-electron chi connectivity index (χ2n) is 2.32. The first-order chi connectivity index (χ1) is 5.43. The summed E-state index contributed by atoms with van der Waals surface area (Å²) < 4.78 is 34.5. The summed E-state index contributed by atoms with van der Waals surface area (Å²) in [5, 5.41) is 0. The number of hydrogen-bond donors (Lipinski definition) is 0. The molecule has 2 nitrogen and oxygen atoms in total. The van der Waals surface area contributed by atoms with Gasteiger partial charge < -0.3 is 0 Å². The Bertz CT molecular complexity index is 380. The van der Waals surface area contributed by atoms with Crippen LogP contribution in [0.1, 0.15) is 5.56 Å². The number of halogens is 2. The third-order valence-electron chi connectivity index (χ3n) is 1.41. The van der Waals surface area contributed by atoms with Gasteiger partial charge in [-0.1, -0.05) is 12.1 Å². The number of rotatable bonds is 1. The van der Waals surface area contributed by atoms with Crippen LogP contribution in [-0.2, 0) is 9.05 Å². The first kappa shape index (κ1) is 9.48. The van der Waals surface area contributed by atoms with E-state index in [9.17, 15) is 12.8 Å². The van der Waals surface area contributed by atoms with Gasteiger partial charge in [-0.25, -0.2) is 12.8 Å². The Balaban J connectivity index is 3.53. The van der Waals surface area contributed by atoms with E-state index in [-0.39, 0.29) is 0 Å². The maximum atomic E-state index is 12.9. The predicted octanol–water partition coefficient (Wildman–Crippen LogP) is 2.06. The first-order valence-corrected chi connectivity index (χ1v) is 5.43. The van der Waals surface area contributed by atoms with Gasteiger partial charge in [0.05, 0.1) is 0 Å². The van der Waals surface area contributed by atoms with Crippen LogP contribution in [0.25, 0.3) is 0 Å². The van der Waals surface area contributed by atoms with Crippen LogP contribution in [0, 0.1) is 12.7 Å². The molecule has 0 unspecified atom stereocenters. The molecule has 0 atom stereocenters. The molecule has 0 amide bonds. The fourth-order valence-electron chi connectivity index (χ4n) is 0.925. The molecule has 5 heteroatoms. The molecule has 0 aliphatic rings. The van der Waals surface area contributed by atoms with Gasteiger partial charge >= 0.3 is 0 Å². The van der Waals surface area contributed by atoms with E-state index in [1.54, 1.807) is 0 Å². The molecule has 0 fully saturated rings. The highest BCUT2D eigenvalue weighted by Gasteiger charge is 2.17. The molecule has 0 bridgehead atoms. The van der Waals surface area contributed by atoms with E-state index in [2.05, 4.69) is 0 Å². The van der Waals surface area contributed by atoms with Crippen molar-refractivity contribution in [3.63, 3.8) is 0 Å². The van der Waals surface area contributed by atoms with Crippen LogP contribution in [-0.4, -0.2) is 8.42 Å². The zero-order valence-corrected chi connectivity index (χ0v) is 7.79. The van der Waals surface area contributed by atoms with Gasteiger partial charge in [0.25, 0.3) is 9.05 Å². The Morgan fingerprint density at radius 1 is 1.42 bits per heavy atom. The van der Waals surface area contributed by atoms with Crippen molar-refractivity contribution in [2.45, 2.75) is 11.8 Å². The van der Waals surface area contributed by atoms with E-state index in [4.69, 9.17) is 10.7 Å². The molecule has 1 aromatic carbocycles. The minimum absolute atomic E-state index is 0.310. The Labute approximate surface area is 74.4 Å². The van der Waals surface area contributed by atoms with Gasteiger partial charge in [-0.3, -0.25) is 0 Å². The summed E-state index contributed by atoms with van der Waals surface area (Å²) in [6, 6.07) is 3.97. The summed E-state index contributed by atoms with van der Waals surface area (Å²) in [7, 11) is 1.03. The van der Waals surface area contributed by atoms with E-state index >= 15 is 0 Å². The van der Waals surface area contributed by atoms with Crippen molar-refractivity contribution in [1.82, 2.24) is 0 Å². The molecule has 12 heavy (non-hydrogen) atoms. The smallest absolute Gasteiger partial charge is 0.207 e. The summed E-state index contributed by atoms with van der Waals surface area (Å²) in [4.78, 5) is -0.438. The summed E-state index contributed by atoms with van der Waals surface area (Å²) >= 11 is 0. The third-order valence-corrected chi connectivity index (χ3v) is 2.88. The minimum Gasteiger partial charge on any atom is -0.207 e. The minimum atomic E-state index is -3.97. The second kappa shape index (κ2) is 3.03. The lowest BCUT2D eigenvalue weighted by atomic mass is 10.2. The van der Waals surface area contributed by atoms with Crippen LogP contribution in [0.2, 0.25) is 0 Å². The Kier molecular flexibility index (Phi) is 2.39. The summed E-state index contributed by atoms with van der Waals surface area (Å²) in [6.07, 6.45) is 0. The first-order valence-electron chi connectivity index (χ1n) is 3.12. The van der Waals surface area contributed by atoms with Crippen LogP contribution in [0.3, 0.4) is 0 Å². The van der Waals surface area contributed by atoms with E-state index in [0.717, 1.165) is 6.07 Å². The monoisotopic (exact) mass is 208 g/mol. The predicted molar refractivity (Wildman–Crippen MR) is 44.2 cm³/mol. The van der Waals surface area contributed by atoms with Crippen molar-refractivity contribution < 1.29 is 12.8 Å². The maximum Gasteiger partial charge on any atom is 0.264 e. The standard InChI is InChI=1S/C7H6ClFO2S/c1-5-3-2-4-6(9)7(5)12(8,10)11/h2-4H,1H3. The molecule has 0 aliphatic carbocycles. The summed E-state index contributed by atoms with van der Waals surface area (Å²) in [5.41, 5.74) is 0.310. The van der Waals surface area contributed by atoms with Gasteiger partial charge in [0.2, 0.25) is 0 Å². The average molecular weight is 209 g/mol. The Hall–Kier alpha value is -0.610. The van der Waals surface area contributed by atoms with Crippen LogP contribution in [0.15, 0.2) is 23.1 Å². The lowest BCUT2D eigenvalue weighted by Gasteiger charge is -2.01.